The van der Waals surface area contributed by atoms with E-state index in [1.165, 1.54) is 4.90 Å². The van der Waals surface area contributed by atoms with E-state index in [1.807, 2.05) is 0 Å². The molecule has 5 heteroatoms. The Balaban J connectivity index is 2.66. The summed E-state index contributed by atoms with van der Waals surface area (Å²) in [7, 11) is 1.62. The van der Waals surface area contributed by atoms with Crippen molar-refractivity contribution in [3.63, 3.8) is 0 Å². The van der Waals surface area contributed by atoms with E-state index in [0.717, 1.165) is 31.0 Å². The lowest BCUT2D eigenvalue weighted by molar-refractivity contribution is -0.132. The van der Waals surface area contributed by atoms with Crippen LogP contribution in [0, 0.1) is 17.6 Å². The predicted octanol–water partition coefficient (Wildman–Crippen LogP) is 3.25. The highest BCUT2D eigenvalue weighted by Gasteiger charge is 2.21. The fourth-order valence-electron chi connectivity index (χ4n) is 2.23. The molecule has 0 aromatic heterocycles. The topological polar surface area (TPSA) is 46.3 Å². The first kappa shape index (κ1) is 17.6. The standard InChI is InChI=1S/C16H24F2N2O/c1-11(8-9-19)4-7-16(21)20(3)12(2)14-10-13(17)5-6-15(14)18/h5-6,10-12H,4,7-9,19H2,1-3H3. The van der Waals surface area contributed by atoms with Crippen LogP contribution in [0.5, 0.6) is 0 Å². The van der Waals surface area contributed by atoms with Crippen molar-refractivity contribution >= 4 is 5.91 Å². The van der Waals surface area contributed by atoms with Crippen molar-refractivity contribution in [1.82, 2.24) is 4.90 Å². The van der Waals surface area contributed by atoms with Gasteiger partial charge in [-0.05, 0) is 50.4 Å². The summed E-state index contributed by atoms with van der Waals surface area (Å²) in [5, 5.41) is 0. The summed E-state index contributed by atoms with van der Waals surface area (Å²) in [6.07, 6.45) is 2.02. The van der Waals surface area contributed by atoms with Crippen molar-refractivity contribution < 1.29 is 13.6 Å². The van der Waals surface area contributed by atoms with Crippen molar-refractivity contribution in [1.29, 1.82) is 0 Å². The average Bonchev–Trinajstić information content (AvgIpc) is 2.46. The first-order chi connectivity index (χ1) is 9.86. The highest BCUT2D eigenvalue weighted by Crippen LogP contribution is 2.24. The molecule has 0 fully saturated rings. The zero-order valence-electron chi connectivity index (χ0n) is 12.9. The minimum absolute atomic E-state index is 0.0740. The Labute approximate surface area is 125 Å². The van der Waals surface area contributed by atoms with Crippen molar-refractivity contribution in [2.75, 3.05) is 13.6 Å². The molecule has 1 amide bonds. The largest absolute Gasteiger partial charge is 0.339 e. The number of amides is 1. The van der Waals surface area contributed by atoms with Gasteiger partial charge in [0.05, 0.1) is 6.04 Å². The van der Waals surface area contributed by atoms with E-state index in [2.05, 4.69) is 6.92 Å². The second kappa shape index (κ2) is 8.08. The van der Waals surface area contributed by atoms with Gasteiger partial charge in [0.25, 0.3) is 0 Å². The number of benzene rings is 1. The summed E-state index contributed by atoms with van der Waals surface area (Å²) in [6, 6.07) is 2.80. The van der Waals surface area contributed by atoms with Gasteiger partial charge in [-0.3, -0.25) is 4.79 Å². The quantitative estimate of drug-likeness (QED) is 0.840. The Kier molecular flexibility index (Phi) is 6.75. The molecule has 0 saturated carbocycles. The number of nitrogens with zero attached hydrogens (tertiary/aromatic N) is 1. The summed E-state index contributed by atoms with van der Waals surface area (Å²) in [5.74, 6) is -0.695. The Morgan fingerprint density at radius 1 is 1.29 bits per heavy atom. The van der Waals surface area contributed by atoms with Crippen molar-refractivity contribution in [2.45, 2.75) is 39.2 Å². The summed E-state index contributed by atoms with van der Waals surface area (Å²) in [5.41, 5.74) is 5.67. The number of hydrogen-bond acceptors (Lipinski definition) is 2. The highest BCUT2D eigenvalue weighted by molar-refractivity contribution is 5.76. The molecule has 0 aliphatic carbocycles. The van der Waals surface area contributed by atoms with Gasteiger partial charge in [0.15, 0.2) is 0 Å². The van der Waals surface area contributed by atoms with E-state index in [4.69, 9.17) is 5.73 Å². The van der Waals surface area contributed by atoms with Gasteiger partial charge in [-0.25, -0.2) is 8.78 Å². The molecule has 118 valence electrons. The highest BCUT2D eigenvalue weighted by atomic mass is 19.1. The summed E-state index contributed by atoms with van der Waals surface area (Å²) >= 11 is 0. The molecule has 2 N–H and O–H groups in total. The summed E-state index contributed by atoms with van der Waals surface area (Å²) in [4.78, 5) is 13.6. The third-order valence-electron chi connectivity index (χ3n) is 3.89. The van der Waals surface area contributed by atoms with Crippen LogP contribution in [0.3, 0.4) is 0 Å². The second-order valence-electron chi connectivity index (χ2n) is 5.57. The van der Waals surface area contributed by atoms with Gasteiger partial charge < -0.3 is 10.6 Å². The molecule has 0 heterocycles. The maximum Gasteiger partial charge on any atom is 0.222 e. The van der Waals surface area contributed by atoms with Crippen LogP contribution >= 0.6 is 0 Å². The van der Waals surface area contributed by atoms with Gasteiger partial charge >= 0.3 is 0 Å². The predicted molar refractivity (Wildman–Crippen MR) is 79.6 cm³/mol. The van der Waals surface area contributed by atoms with Gasteiger partial charge in [-0.1, -0.05) is 6.92 Å². The average molecular weight is 298 g/mol. The van der Waals surface area contributed by atoms with E-state index in [9.17, 15) is 13.6 Å². The first-order valence-electron chi connectivity index (χ1n) is 7.27. The fraction of sp³-hybridized carbons (Fsp3) is 0.562. The molecule has 1 aromatic rings. The minimum Gasteiger partial charge on any atom is -0.339 e. The maximum absolute atomic E-state index is 13.7. The molecule has 2 unspecified atom stereocenters. The van der Waals surface area contributed by atoms with Gasteiger partial charge in [-0.15, -0.1) is 0 Å². The lowest BCUT2D eigenvalue weighted by atomic mass is 10.0. The minimum atomic E-state index is -0.504. The van der Waals surface area contributed by atoms with E-state index < -0.39 is 17.7 Å². The van der Waals surface area contributed by atoms with Crippen LogP contribution in [0.2, 0.25) is 0 Å². The van der Waals surface area contributed by atoms with Crippen LogP contribution in [-0.4, -0.2) is 24.4 Å². The van der Waals surface area contributed by atoms with Crippen molar-refractivity contribution in [2.24, 2.45) is 11.7 Å². The van der Waals surface area contributed by atoms with Gasteiger partial charge in [-0.2, -0.15) is 0 Å². The molecule has 1 rings (SSSR count). The van der Waals surface area contributed by atoms with Crippen LogP contribution < -0.4 is 5.73 Å². The molecule has 0 bridgehead atoms. The first-order valence-corrected chi connectivity index (χ1v) is 7.27. The van der Waals surface area contributed by atoms with Crippen LogP contribution in [0.4, 0.5) is 8.78 Å². The van der Waals surface area contributed by atoms with Crippen LogP contribution in [-0.2, 0) is 4.79 Å². The van der Waals surface area contributed by atoms with Gasteiger partial charge in [0.2, 0.25) is 5.91 Å². The van der Waals surface area contributed by atoms with E-state index in [-0.39, 0.29) is 11.5 Å². The smallest absolute Gasteiger partial charge is 0.222 e. The molecule has 1 aromatic carbocycles. The van der Waals surface area contributed by atoms with Gasteiger partial charge in [0, 0.05) is 19.0 Å². The number of carbonyl (C=O) groups is 1. The van der Waals surface area contributed by atoms with Crippen molar-refractivity contribution in [3.05, 3.63) is 35.4 Å². The summed E-state index contributed by atoms with van der Waals surface area (Å²) < 4.78 is 27.0. The zero-order valence-corrected chi connectivity index (χ0v) is 12.9. The zero-order chi connectivity index (χ0) is 16.0. The third kappa shape index (κ3) is 5.08. The second-order valence-corrected chi connectivity index (χ2v) is 5.57. The maximum atomic E-state index is 13.7. The molecule has 21 heavy (non-hydrogen) atoms. The molecule has 0 aliphatic heterocycles. The van der Waals surface area contributed by atoms with Crippen molar-refractivity contribution in [3.8, 4) is 0 Å². The Morgan fingerprint density at radius 3 is 2.57 bits per heavy atom. The molecule has 0 spiro atoms. The Morgan fingerprint density at radius 2 is 1.95 bits per heavy atom. The molecule has 0 radical (unpaired) electrons. The molecule has 2 atom stereocenters. The molecular weight excluding hydrogens is 274 g/mol. The van der Waals surface area contributed by atoms with E-state index in [1.54, 1.807) is 14.0 Å². The molecular formula is C16H24F2N2O. The molecule has 0 saturated heterocycles. The number of nitrogens with two attached hydrogens (primary N) is 1. The molecule has 0 aliphatic rings. The number of halogens is 2. The lowest BCUT2D eigenvalue weighted by Gasteiger charge is -2.26. The molecule has 3 nitrogen and oxygen atoms in total. The SMILES string of the molecule is CC(CCN)CCC(=O)N(C)C(C)c1cc(F)ccc1F. The Hall–Kier alpha value is -1.49. The Bertz CT molecular complexity index is 479. The third-order valence-corrected chi connectivity index (χ3v) is 3.89. The van der Waals surface area contributed by atoms with Crippen LogP contribution in [0.15, 0.2) is 18.2 Å². The number of carbonyl (C=O) groups excluding carboxylic acids is 1. The number of hydrogen-bond donors (Lipinski definition) is 1. The fourth-order valence-corrected chi connectivity index (χ4v) is 2.23. The van der Waals surface area contributed by atoms with Crippen LogP contribution in [0.25, 0.3) is 0 Å². The van der Waals surface area contributed by atoms with Gasteiger partial charge in [0.1, 0.15) is 11.6 Å². The normalized spacial score (nSPS) is 13.8. The van der Waals surface area contributed by atoms with Crippen LogP contribution in [0.1, 0.15) is 44.7 Å². The monoisotopic (exact) mass is 298 g/mol. The number of rotatable bonds is 7. The van der Waals surface area contributed by atoms with E-state index in [0.29, 0.717) is 18.9 Å². The van der Waals surface area contributed by atoms with E-state index >= 15 is 0 Å². The summed E-state index contributed by atoms with van der Waals surface area (Å²) in [6.45, 7) is 4.35. The lowest BCUT2D eigenvalue weighted by Crippen LogP contribution is -2.30.